The number of methoxy groups -OCH3 is 1. The maximum atomic E-state index is 6.04. The van der Waals surface area contributed by atoms with Crippen molar-refractivity contribution in [2.75, 3.05) is 14.2 Å². The molecule has 0 aliphatic heterocycles. The van der Waals surface area contributed by atoms with Crippen LogP contribution < -0.4 is 10.1 Å². The van der Waals surface area contributed by atoms with Crippen molar-refractivity contribution < 1.29 is 4.74 Å². The summed E-state index contributed by atoms with van der Waals surface area (Å²) in [6, 6.07) is 10.1. The van der Waals surface area contributed by atoms with Crippen LogP contribution in [-0.4, -0.2) is 14.2 Å². The maximum Gasteiger partial charge on any atom is 0.127 e. The van der Waals surface area contributed by atoms with E-state index >= 15 is 0 Å². The Bertz CT molecular complexity index is 657. The maximum absolute atomic E-state index is 6.04. The molecule has 2 aromatic rings. The van der Waals surface area contributed by atoms with Crippen molar-refractivity contribution in [1.29, 1.82) is 0 Å². The van der Waals surface area contributed by atoms with Crippen LogP contribution in [0.2, 0.25) is 5.02 Å². The molecule has 0 aliphatic rings. The summed E-state index contributed by atoms with van der Waals surface area (Å²) in [5, 5.41) is 4.08. The van der Waals surface area contributed by atoms with Gasteiger partial charge in [-0.05, 0) is 49.7 Å². The molecule has 1 unspecified atom stereocenters. The Morgan fingerprint density at radius 1 is 1.14 bits per heavy atom. The number of ether oxygens (including phenoxy) is 1. The van der Waals surface area contributed by atoms with E-state index in [2.05, 4.69) is 47.2 Å². The van der Waals surface area contributed by atoms with Gasteiger partial charge in [0, 0.05) is 15.1 Å². The van der Waals surface area contributed by atoms with Crippen LogP contribution in [0.5, 0.6) is 5.75 Å². The molecular weight excluding hydrogens is 350 g/mol. The van der Waals surface area contributed by atoms with Gasteiger partial charge in [-0.15, -0.1) is 0 Å². The van der Waals surface area contributed by atoms with E-state index in [9.17, 15) is 0 Å². The van der Waals surface area contributed by atoms with Crippen LogP contribution in [0.25, 0.3) is 0 Å². The molecule has 4 heteroatoms. The first kappa shape index (κ1) is 16.3. The van der Waals surface area contributed by atoms with Gasteiger partial charge in [0.1, 0.15) is 5.75 Å². The summed E-state index contributed by atoms with van der Waals surface area (Å²) in [5.41, 5.74) is 4.63. The fraction of sp³-hybridized carbons (Fsp3) is 0.294. The van der Waals surface area contributed by atoms with E-state index in [4.69, 9.17) is 16.3 Å². The molecule has 0 aliphatic carbocycles. The molecule has 0 amide bonds. The SMILES string of the molecule is CNC(c1ccc(Cl)cc1Br)c1ccc(C)c(C)c1OC. The van der Waals surface area contributed by atoms with E-state index in [1.807, 2.05) is 25.2 Å². The average molecular weight is 369 g/mol. The molecule has 0 saturated heterocycles. The average Bonchev–Trinajstić information content (AvgIpc) is 2.45. The Hall–Kier alpha value is -1.03. The Labute approximate surface area is 139 Å². The minimum Gasteiger partial charge on any atom is -0.496 e. The fourth-order valence-corrected chi connectivity index (χ4v) is 3.44. The lowest BCUT2D eigenvalue weighted by Gasteiger charge is -2.23. The molecule has 0 bridgehead atoms. The Morgan fingerprint density at radius 3 is 2.38 bits per heavy atom. The highest BCUT2D eigenvalue weighted by Crippen LogP contribution is 2.37. The van der Waals surface area contributed by atoms with Gasteiger partial charge in [0.2, 0.25) is 0 Å². The van der Waals surface area contributed by atoms with E-state index < -0.39 is 0 Å². The minimum absolute atomic E-state index is 0.0332. The summed E-state index contributed by atoms with van der Waals surface area (Å²) in [6.07, 6.45) is 0. The topological polar surface area (TPSA) is 21.3 Å². The summed E-state index contributed by atoms with van der Waals surface area (Å²) in [5.74, 6) is 0.927. The fourth-order valence-electron chi connectivity index (χ4n) is 2.52. The number of aryl methyl sites for hydroxylation is 1. The molecule has 1 atom stereocenters. The van der Waals surface area contributed by atoms with Gasteiger partial charge in [0.25, 0.3) is 0 Å². The first-order valence-electron chi connectivity index (χ1n) is 6.76. The van der Waals surface area contributed by atoms with Crippen LogP contribution in [0.3, 0.4) is 0 Å². The summed E-state index contributed by atoms with van der Waals surface area (Å²) in [7, 11) is 3.66. The zero-order chi connectivity index (χ0) is 15.6. The third-order valence-corrected chi connectivity index (χ3v) is 4.71. The first-order chi connectivity index (χ1) is 9.99. The Kier molecular flexibility index (Phi) is 5.31. The van der Waals surface area contributed by atoms with Crippen molar-refractivity contribution in [2.45, 2.75) is 19.9 Å². The summed E-state index contributed by atoms with van der Waals surface area (Å²) in [4.78, 5) is 0. The van der Waals surface area contributed by atoms with Gasteiger partial charge in [0.15, 0.2) is 0 Å². The third kappa shape index (κ3) is 3.25. The molecule has 0 saturated carbocycles. The molecular formula is C17H19BrClNO. The first-order valence-corrected chi connectivity index (χ1v) is 7.93. The summed E-state index contributed by atoms with van der Waals surface area (Å²) >= 11 is 9.64. The number of hydrogen-bond donors (Lipinski definition) is 1. The number of nitrogens with one attached hydrogen (secondary N) is 1. The lowest BCUT2D eigenvalue weighted by atomic mass is 9.94. The minimum atomic E-state index is 0.0332. The largest absolute Gasteiger partial charge is 0.496 e. The van der Waals surface area contributed by atoms with Gasteiger partial charge >= 0.3 is 0 Å². The number of hydrogen-bond acceptors (Lipinski definition) is 2. The van der Waals surface area contributed by atoms with Crippen molar-refractivity contribution in [1.82, 2.24) is 5.32 Å². The van der Waals surface area contributed by atoms with E-state index in [0.29, 0.717) is 5.02 Å². The quantitative estimate of drug-likeness (QED) is 0.816. The molecule has 1 N–H and O–H groups in total. The Balaban J connectivity index is 2.59. The lowest BCUT2D eigenvalue weighted by molar-refractivity contribution is 0.402. The van der Waals surface area contributed by atoms with Crippen molar-refractivity contribution >= 4 is 27.5 Å². The van der Waals surface area contributed by atoms with Gasteiger partial charge in [-0.3, -0.25) is 0 Å². The third-order valence-electron chi connectivity index (χ3n) is 3.78. The molecule has 0 heterocycles. The summed E-state index contributed by atoms with van der Waals surface area (Å²) in [6.45, 7) is 4.18. The second-order valence-electron chi connectivity index (χ2n) is 5.02. The standard InChI is InChI=1S/C17H19BrClNO/c1-10-5-7-14(17(21-4)11(10)2)16(20-3)13-8-6-12(19)9-15(13)18/h5-9,16,20H,1-4H3. The second-order valence-corrected chi connectivity index (χ2v) is 6.31. The van der Waals surface area contributed by atoms with Crippen molar-refractivity contribution in [3.05, 3.63) is 62.1 Å². The highest BCUT2D eigenvalue weighted by molar-refractivity contribution is 9.10. The van der Waals surface area contributed by atoms with Gasteiger partial charge in [-0.25, -0.2) is 0 Å². The van der Waals surface area contributed by atoms with Crippen molar-refractivity contribution in [2.24, 2.45) is 0 Å². The number of halogens is 2. The van der Waals surface area contributed by atoms with Crippen LogP contribution in [0.15, 0.2) is 34.8 Å². The smallest absolute Gasteiger partial charge is 0.127 e. The van der Waals surface area contributed by atoms with Gasteiger partial charge in [0.05, 0.1) is 13.2 Å². The predicted octanol–water partition coefficient (Wildman–Crippen LogP) is 5.04. The predicted molar refractivity (Wildman–Crippen MR) is 92.5 cm³/mol. The molecule has 2 rings (SSSR count). The molecule has 21 heavy (non-hydrogen) atoms. The second kappa shape index (κ2) is 6.82. The monoisotopic (exact) mass is 367 g/mol. The number of rotatable bonds is 4. The van der Waals surface area contributed by atoms with Crippen LogP contribution in [-0.2, 0) is 0 Å². The van der Waals surface area contributed by atoms with Gasteiger partial charge < -0.3 is 10.1 Å². The van der Waals surface area contributed by atoms with E-state index in [-0.39, 0.29) is 6.04 Å². The molecule has 0 radical (unpaired) electrons. The van der Waals surface area contributed by atoms with Crippen LogP contribution >= 0.6 is 27.5 Å². The molecule has 0 fully saturated rings. The lowest BCUT2D eigenvalue weighted by Crippen LogP contribution is -2.19. The van der Waals surface area contributed by atoms with E-state index in [1.165, 1.54) is 11.1 Å². The zero-order valence-corrected chi connectivity index (χ0v) is 15.0. The Morgan fingerprint density at radius 2 is 1.81 bits per heavy atom. The molecule has 2 aromatic carbocycles. The van der Waals surface area contributed by atoms with Gasteiger partial charge in [-0.1, -0.05) is 45.7 Å². The van der Waals surface area contributed by atoms with Crippen molar-refractivity contribution in [3.8, 4) is 5.75 Å². The van der Waals surface area contributed by atoms with Crippen LogP contribution in [0.4, 0.5) is 0 Å². The highest BCUT2D eigenvalue weighted by Gasteiger charge is 2.20. The van der Waals surface area contributed by atoms with Crippen LogP contribution in [0.1, 0.15) is 28.3 Å². The number of benzene rings is 2. The van der Waals surface area contributed by atoms with Crippen molar-refractivity contribution in [3.63, 3.8) is 0 Å². The van der Waals surface area contributed by atoms with Crippen LogP contribution in [0, 0.1) is 13.8 Å². The molecule has 0 aromatic heterocycles. The highest BCUT2D eigenvalue weighted by atomic mass is 79.9. The zero-order valence-electron chi connectivity index (χ0n) is 12.6. The molecule has 2 nitrogen and oxygen atoms in total. The summed E-state index contributed by atoms with van der Waals surface area (Å²) < 4.78 is 6.62. The molecule has 0 spiro atoms. The molecule has 112 valence electrons. The van der Waals surface area contributed by atoms with Gasteiger partial charge in [-0.2, -0.15) is 0 Å². The normalized spacial score (nSPS) is 12.3. The van der Waals surface area contributed by atoms with E-state index in [0.717, 1.165) is 21.3 Å². The van der Waals surface area contributed by atoms with E-state index in [1.54, 1.807) is 7.11 Å².